The van der Waals surface area contributed by atoms with Gasteiger partial charge in [-0.15, -0.1) is 0 Å². The number of rotatable bonds is 9. The van der Waals surface area contributed by atoms with Gasteiger partial charge in [-0.1, -0.05) is 26.0 Å². The minimum Gasteiger partial charge on any atom is -0.385 e. The monoisotopic (exact) mass is 470 g/mol. The lowest BCUT2D eigenvalue weighted by Crippen LogP contribution is -2.44. The van der Waals surface area contributed by atoms with Gasteiger partial charge in [-0.3, -0.25) is 28.5 Å². The van der Waals surface area contributed by atoms with Crippen molar-refractivity contribution < 1.29 is 9.53 Å². The Bertz CT molecular complexity index is 1370. The fourth-order valence-electron chi connectivity index (χ4n) is 3.79. The third kappa shape index (κ3) is 5.09. The molecule has 0 saturated heterocycles. The summed E-state index contributed by atoms with van der Waals surface area (Å²) in [5, 5.41) is 0.393. The SMILES string of the molecule is COCCCN(C(=O)Cn1cnc2c(C)cccc2c1=O)c1c(N)n(CC(C)C)c(=O)[nH]c1=O. The number of nitrogens with one attached hydrogen (secondary N) is 1. The molecule has 0 saturated carbocycles. The maximum absolute atomic E-state index is 13.4. The molecule has 11 nitrogen and oxygen atoms in total. The Hall–Kier alpha value is -3.73. The number of methoxy groups -OCH3 is 1. The number of para-hydroxylation sites is 1. The second-order valence-electron chi connectivity index (χ2n) is 8.54. The molecule has 0 aliphatic carbocycles. The first-order valence-corrected chi connectivity index (χ1v) is 11.0. The highest BCUT2D eigenvalue weighted by atomic mass is 16.5. The molecule has 0 aliphatic rings. The third-order valence-corrected chi connectivity index (χ3v) is 5.42. The van der Waals surface area contributed by atoms with Gasteiger partial charge >= 0.3 is 5.69 Å². The molecule has 3 N–H and O–H groups in total. The molecule has 1 amide bonds. The summed E-state index contributed by atoms with van der Waals surface area (Å²) in [5.41, 5.74) is 5.73. The largest absolute Gasteiger partial charge is 0.385 e. The van der Waals surface area contributed by atoms with Crippen molar-refractivity contribution in [2.75, 3.05) is 30.9 Å². The molecule has 0 aliphatic heterocycles. The molecular weight excluding hydrogens is 440 g/mol. The summed E-state index contributed by atoms with van der Waals surface area (Å²) in [6, 6.07) is 5.25. The zero-order valence-electron chi connectivity index (χ0n) is 19.8. The molecule has 3 rings (SSSR count). The lowest BCUT2D eigenvalue weighted by Gasteiger charge is -2.25. The van der Waals surface area contributed by atoms with Crippen molar-refractivity contribution in [3.63, 3.8) is 0 Å². The first-order chi connectivity index (χ1) is 16.1. The van der Waals surface area contributed by atoms with Gasteiger partial charge in [-0.05, 0) is 30.9 Å². The lowest BCUT2D eigenvalue weighted by atomic mass is 10.1. The van der Waals surface area contributed by atoms with E-state index in [0.29, 0.717) is 23.9 Å². The second-order valence-corrected chi connectivity index (χ2v) is 8.54. The molecule has 0 unspecified atom stereocenters. The topological polar surface area (TPSA) is 145 Å². The Balaban J connectivity index is 2.05. The maximum atomic E-state index is 13.4. The van der Waals surface area contributed by atoms with E-state index in [9.17, 15) is 19.2 Å². The van der Waals surface area contributed by atoms with Crippen LogP contribution in [0.25, 0.3) is 10.9 Å². The summed E-state index contributed by atoms with van der Waals surface area (Å²) >= 11 is 0. The average molecular weight is 471 g/mol. The Labute approximate surface area is 195 Å². The van der Waals surface area contributed by atoms with Crippen LogP contribution >= 0.6 is 0 Å². The Morgan fingerprint density at radius 3 is 2.68 bits per heavy atom. The van der Waals surface area contributed by atoms with Crippen LogP contribution in [-0.4, -0.2) is 45.3 Å². The number of carbonyl (C=O) groups excluding carboxylic acids is 1. The number of ether oxygens (including phenoxy) is 1. The number of aromatic nitrogens is 4. The van der Waals surface area contributed by atoms with E-state index >= 15 is 0 Å². The highest BCUT2D eigenvalue weighted by Gasteiger charge is 2.25. The number of anilines is 2. The van der Waals surface area contributed by atoms with E-state index in [1.165, 1.54) is 27.5 Å². The van der Waals surface area contributed by atoms with Crippen LogP contribution in [0, 0.1) is 12.8 Å². The van der Waals surface area contributed by atoms with Gasteiger partial charge in [0, 0.05) is 26.8 Å². The van der Waals surface area contributed by atoms with Gasteiger partial charge in [-0.2, -0.15) is 0 Å². The number of hydrogen-bond donors (Lipinski definition) is 2. The third-order valence-electron chi connectivity index (χ3n) is 5.42. The van der Waals surface area contributed by atoms with E-state index < -0.39 is 17.2 Å². The van der Waals surface area contributed by atoms with Crippen LogP contribution in [0.3, 0.4) is 0 Å². The minimum absolute atomic E-state index is 0.0714. The fraction of sp³-hybridized carbons (Fsp3) is 0.435. The van der Waals surface area contributed by atoms with Crippen LogP contribution in [0.15, 0.2) is 38.9 Å². The van der Waals surface area contributed by atoms with Crippen molar-refractivity contribution in [2.45, 2.75) is 40.3 Å². The van der Waals surface area contributed by atoms with Crippen LogP contribution < -0.4 is 27.4 Å². The number of nitrogens with two attached hydrogens (primary N) is 1. The number of aromatic amines is 1. The highest BCUT2D eigenvalue weighted by molar-refractivity contribution is 5.95. The summed E-state index contributed by atoms with van der Waals surface area (Å²) in [6.45, 7) is 6.01. The zero-order chi connectivity index (χ0) is 25.0. The Kier molecular flexibility index (Phi) is 7.67. The van der Waals surface area contributed by atoms with E-state index in [1.807, 2.05) is 26.8 Å². The first kappa shape index (κ1) is 24.9. The average Bonchev–Trinajstić information content (AvgIpc) is 2.77. The van der Waals surface area contributed by atoms with E-state index in [1.54, 1.807) is 12.1 Å². The summed E-state index contributed by atoms with van der Waals surface area (Å²) < 4.78 is 7.52. The summed E-state index contributed by atoms with van der Waals surface area (Å²) in [7, 11) is 1.53. The molecule has 1 aromatic carbocycles. The maximum Gasteiger partial charge on any atom is 0.330 e. The first-order valence-electron chi connectivity index (χ1n) is 11.0. The van der Waals surface area contributed by atoms with Crippen molar-refractivity contribution in [2.24, 2.45) is 5.92 Å². The summed E-state index contributed by atoms with van der Waals surface area (Å²) in [6.07, 6.45) is 1.73. The standard InChI is InChI=1S/C23H30N6O5/c1-14(2)11-29-20(24)19(21(31)26-23(29)33)28(9-6-10-34-4)17(30)12-27-13-25-18-15(3)7-5-8-16(18)22(27)32/h5,7-8,13-14H,6,9-12,24H2,1-4H3,(H,26,31,33). The molecule has 0 radical (unpaired) electrons. The van der Waals surface area contributed by atoms with Gasteiger partial charge in [-0.25, -0.2) is 9.78 Å². The number of aryl methyl sites for hydroxylation is 1. The van der Waals surface area contributed by atoms with E-state index in [-0.39, 0.29) is 42.6 Å². The molecular formula is C23H30N6O5. The number of hydrogen-bond acceptors (Lipinski definition) is 7. The van der Waals surface area contributed by atoms with Crippen LogP contribution in [0.4, 0.5) is 11.5 Å². The van der Waals surface area contributed by atoms with Gasteiger partial charge in [0.15, 0.2) is 5.69 Å². The second kappa shape index (κ2) is 10.5. The quantitative estimate of drug-likeness (QED) is 0.441. The van der Waals surface area contributed by atoms with Gasteiger partial charge < -0.3 is 15.4 Å². The number of nitrogen functional groups attached to an aromatic ring is 1. The van der Waals surface area contributed by atoms with Crippen molar-refractivity contribution >= 4 is 28.3 Å². The van der Waals surface area contributed by atoms with Crippen molar-refractivity contribution in [1.82, 2.24) is 19.1 Å². The predicted octanol–water partition coefficient (Wildman–Crippen LogP) is 0.863. The van der Waals surface area contributed by atoms with Gasteiger partial charge in [0.2, 0.25) is 5.91 Å². The molecule has 3 aromatic rings. The Morgan fingerprint density at radius 2 is 2.00 bits per heavy atom. The van der Waals surface area contributed by atoms with Gasteiger partial charge in [0.1, 0.15) is 12.4 Å². The number of benzene rings is 1. The molecule has 0 atom stereocenters. The molecule has 11 heteroatoms. The van der Waals surface area contributed by atoms with Crippen LogP contribution in [0.5, 0.6) is 0 Å². The molecule has 2 aromatic heterocycles. The molecule has 34 heavy (non-hydrogen) atoms. The summed E-state index contributed by atoms with van der Waals surface area (Å²) in [5.74, 6) is -0.575. The lowest BCUT2D eigenvalue weighted by molar-refractivity contribution is -0.119. The number of carbonyl (C=O) groups is 1. The molecule has 0 fully saturated rings. The number of nitrogens with zero attached hydrogens (tertiary/aromatic N) is 4. The molecule has 0 spiro atoms. The zero-order valence-corrected chi connectivity index (χ0v) is 19.8. The molecule has 182 valence electrons. The molecule has 2 heterocycles. The van der Waals surface area contributed by atoms with E-state index in [4.69, 9.17) is 10.5 Å². The minimum atomic E-state index is -0.770. The normalized spacial score (nSPS) is 11.3. The van der Waals surface area contributed by atoms with E-state index in [0.717, 1.165) is 5.56 Å². The van der Waals surface area contributed by atoms with Crippen molar-refractivity contribution in [3.8, 4) is 0 Å². The van der Waals surface area contributed by atoms with Gasteiger partial charge in [0.05, 0.1) is 17.2 Å². The Morgan fingerprint density at radius 1 is 1.26 bits per heavy atom. The molecule has 0 bridgehead atoms. The number of H-pyrrole nitrogens is 1. The number of amides is 1. The van der Waals surface area contributed by atoms with Gasteiger partial charge in [0.25, 0.3) is 11.1 Å². The predicted molar refractivity (Wildman–Crippen MR) is 130 cm³/mol. The fourth-order valence-corrected chi connectivity index (χ4v) is 3.79. The van der Waals surface area contributed by atoms with Crippen LogP contribution in [-0.2, 0) is 22.6 Å². The van der Waals surface area contributed by atoms with E-state index in [2.05, 4.69) is 9.97 Å². The van der Waals surface area contributed by atoms with Crippen molar-refractivity contribution in [3.05, 3.63) is 61.3 Å². The summed E-state index contributed by atoms with van der Waals surface area (Å²) in [4.78, 5) is 59.2. The van der Waals surface area contributed by atoms with Crippen molar-refractivity contribution in [1.29, 1.82) is 0 Å². The highest BCUT2D eigenvalue weighted by Crippen LogP contribution is 2.19. The smallest absolute Gasteiger partial charge is 0.330 e. The number of fused-ring (bicyclic) bond motifs is 1. The van der Waals surface area contributed by atoms with Crippen LogP contribution in [0.1, 0.15) is 25.8 Å². The van der Waals surface area contributed by atoms with Crippen LogP contribution in [0.2, 0.25) is 0 Å².